The average molecular weight is 360 g/mol. The van der Waals surface area contributed by atoms with Crippen molar-refractivity contribution in [1.29, 1.82) is 0 Å². The number of halogens is 3. The monoisotopic (exact) mass is 360 g/mol. The fourth-order valence-corrected chi connectivity index (χ4v) is 3.10. The van der Waals surface area contributed by atoms with Crippen LogP contribution in [0.1, 0.15) is 36.6 Å². The smallest absolute Gasteiger partial charge is 0.270 e. The van der Waals surface area contributed by atoms with Crippen LogP contribution in [-0.2, 0) is 12.7 Å². The molecule has 1 atom stereocenters. The molecule has 0 N–H and O–H groups in total. The fraction of sp³-hybridized carbons (Fsp3) is 0.316. The summed E-state index contributed by atoms with van der Waals surface area (Å²) < 4.78 is 42.6. The van der Waals surface area contributed by atoms with Gasteiger partial charge in [-0.3, -0.25) is 9.67 Å². The lowest BCUT2D eigenvalue weighted by Gasteiger charge is -2.17. The van der Waals surface area contributed by atoms with E-state index in [2.05, 4.69) is 28.2 Å². The Morgan fingerprint density at radius 2 is 2.12 bits per heavy atom. The van der Waals surface area contributed by atoms with Crippen LogP contribution in [0.3, 0.4) is 0 Å². The van der Waals surface area contributed by atoms with Crippen LogP contribution in [0.4, 0.5) is 13.2 Å². The molecule has 2 aromatic rings. The van der Waals surface area contributed by atoms with Crippen molar-refractivity contribution in [2.24, 2.45) is 9.98 Å². The first kappa shape index (κ1) is 18.1. The Hall–Kier alpha value is -2.70. The lowest BCUT2D eigenvalue weighted by molar-refractivity contribution is -0.136. The van der Waals surface area contributed by atoms with Crippen molar-refractivity contribution in [3.63, 3.8) is 0 Å². The maximum atomic E-state index is 13.7. The number of aliphatic imine (C=N–C) groups is 2. The van der Waals surface area contributed by atoms with Crippen molar-refractivity contribution < 1.29 is 13.2 Å². The molecule has 3 rings (SSSR count). The third-order valence-corrected chi connectivity index (χ3v) is 4.26. The SMILES string of the molecule is C=CCn1nc2c(C(F)(F)F)cc(C3C=NC(C)=NC3)cc2c1C(=C)C. The number of nitrogens with zero attached hydrogens (tertiary/aromatic N) is 4. The van der Waals surface area contributed by atoms with Crippen LogP contribution in [0, 0.1) is 0 Å². The summed E-state index contributed by atoms with van der Waals surface area (Å²) in [5, 5.41) is 4.63. The van der Waals surface area contributed by atoms with Gasteiger partial charge < -0.3 is 0 Å². The number of amidine groups is 1. The zero-order valence-electron chi connectivity index (χ0n) is 14.6. The number of allylic oxidation sites excluding steroid dienone is 2. The van der Waals surface area contributed by atoms with E-state index in [0.717, 1.165) is 6.07 Å². The topological polar surface area (TPSA) is 42.5 Å². The Morgan fingerprint density at radius 1 is 1.38 bits per heavy atom. The van der Waals surface area contributed by atoms with Crippen molar-refractivity contribution in [2.75, 3.05) is 6.54 Å². The summed E-state index contributed by atoms with van der Waals surface area (Å²) in [6.07, 6.45) is -1.27. The number of benzene rings is 1. The summed E-state index contributed by atoms with van der Waals surface area (Å²) in [6.45, 7) is 11.8. The number of alkyl halides is 3. The van der Waals surface area contributed by atoms with Crippen LogP contribution in [0.2, 0.25) is 0 Å². The van der Waals surface area contributed by atoms with E-state index >= 15 is 0 Å². The van der Waals surface area contributed by atoms with E-state index in [9.17, 15) is 13.2 Å². The first-order valence-electron chi connectivity index (χ1n) is 8.16. The maximum Gasteiger partial charge on any atom is 0.418 e. The van der Waals surface area contributed by atoms with Crippen LogP contribution in [0.25, 0.3) is 16.5 Å². The molecule has 1 aliphatic heterocycles. The molecule has 1 aromatic carbocycles. The first-order chi connectivity index (χ1) is 12.2. The van der Waals surface area contributed by atoms with Gasteiger partial charge in [0.05, 0.1) is 24.3 Å². The number of rotatable bonds is 4. The largest absolute Gasteiger partial charge is 0.418 e. The van der Waals surface area contributed by atoms with Crippen LogP contribution < -0.4 is 0 Å². The summed E-state index contributed by atoms with van der Waals surface area (Å²) in [5.74, 6) is 0.324. The number of hydrogen-bond acceptors (Lipinski definition) is 3. The minimum Gasteiger partial charge on any atom is -0.270 e. The highest BCUT2D eigenvalue weighted by molar-refractivity contribution is 5.95. The van der Waals surface area contributed by atoms with Crippen molar-refractivity contribution in [3.05, 3.63) is 48.2 Å². The van der Waals surface area contributed by atoms with E-state index in [4.69, 9.17) is 0 Å². The predicted octanol–water partition coefficient (Wildman–Crippen LogP) is 4.86. The third-order valence-electron chi connectivity index (χ3n) is 4.26. The zero-order chi connectivity index (χ0) is 19.1. The van der Waals surface area contributed by atoms with Gasteiger partial charge in [0.1, 0.15) is 11.4 Å². The molecule has 26 heavy (non-hydrogen) atoms. The van der Waals surface area contributed by atoms with Crippen molar-refractivity contribution >= 4 is 28.5 Å². The van der Waals surface area contributed by atoms with E-state index < -0.39 is 11.7 Å². The van der Waals surface area contributed by atoms with E-state index in [-0.39, 0.29) is 11.4 Å². The third kappa shape index (κ3) is 3.21. The first-order valence-corrected chi connectivity index (χ1v) is 8.16. The van der Waals surface area contributed by atoms with Gasteiger partial charge in [-0.1, -0.05) is 12.7 Å². The normalized spacial score (nSPS) is 17.4. The Labute approximate surface area is 149 Å². The minimum atomic E-state index is -4.51. The van der Waals surface area contributed by atoms with Gasteiger partial charge in [-0.05, 0) is 37.1 Å². The highest BCUT2D eigenvalue weighted by atomic mass is 19.4. The molecule has 0 amide bonds. The Morgan fingerprint density at radius 3 is 2.65 bits per heavy atom. The molecule has 0 saturated carbocycles. The van der Waals surface area contributed by atoms with Gasteiger partial charge in [-0.15, -0.1) is 6.58 Å². The number of fused-ring (bicyclic) bond motifs is 1. The molecule has 7 heteroatoms. The fourth-order valence-electron chi connectivity index (χ4n) is 3.10. The van der Waals surface area contributed by atoms with Gasteiger partial charge in [0, 0.05) is 17.5 Å². The summed E-state index contributed by atoms with van der Waals surface area (Å²) in [5.41, 5.74) is 0.916. The molecule has 1 aliphatic rings. The second-order valence-electron chi connectivity index (χ2n) is 6.33. The van der Waals surface area contributed by atoms with Gasteiger partial charge in [-0.2, -0.15) is 18.3 Å². The van der Waals surface area contributed by atoms with Gasteiger partial charge >= 0.3 is 6.18 Å². The zero-order valence-corrected chi connectivity index (χ0v) is 14.6. The maximum absolute atomic E-state index is 13.7. The van der Waals surface area contributed by atoms with E-state index in [1.165, 1.54) is 4.68 Å². The second kappa shape index (κ2) is 6.55. The van der Waals surface area contributed by atoms with Crippen molar-refractivity contribution in [1.82, 2.24) is 9.78 Å². The average Bonchev–Trinajstić information content (AvgIpc) is 2.92. The second-order valence-corrected chi connectivity index (χ2v) is 6.33. The predicted molar refractivity (Wildman–Crippen MR) is 98.8 cm³/mol. The molecule has 0 bridgehead atoms. The molecule has 4 nitrogen and oxygen atoms in total. The quantitative estimate of drug-likeness (QED) is 0.718. The minimum absolute atomic E-state index is 0.0754. The highest BCUT2D eigenvalue weighted by Crippen LogP contribution is 2.39. The molecular formula is C19H19F3N4. The van der Waals surface area contributed by atoms with Crippen LogP contribution >= 0.6 is 0 Å². The Balaban J connectivity index is 2.29. The summed E-state index contributed by atoms with van der Waals surface area (Å²) >= 11 is 0. The van der Waals surface area contributed by atoms with Crippen LogP contribution in [0.5, 0.6) is 0 Å². The molecule has 0 radical (unpaired) electrons. The van der Waals surface area contributed by atoms with Gasteiger partial charge in [0.25, 0.3) is 0 Å². The molecule has 136 valence electrons. The van der Waals surface area contributed by atoms with E-state index in [1.54, 1.807) is 32.2 Å². The molecule has 0 saturated heterocycles. The molecule has 2 heterocycles. The standard InChI is InChI=1S/C19H19F3N4/c1-5-6-26-18(11(2)3)15-7-13(14-9-23-12(4)24-10-14)8-16(17(15)25-26)19(20,21)22/h5,7-9,14H,1-2,6,10H2,3-4H3. The van der Waals surface area contributed by atoms with Crippen LogP contribution in [-0.4, -0.2) is 28.4 Å². The molecule has 0 spiro atoms. The number of aromatic nitrogens is 2. The highest BCUT2D eigenvalue weighted by Gasteiger charge is 2.36. The molecule has 1 unspecified atom stereocenters. The Bertz CT molecular complexity index is 948. The molecule has 0 aliphatic carbocycles. The summed E-state index contributed by atoms with van der Waals surface area (Å²) in [6, 6.07) is 2.90. The van der Waals surface area contributed by atoms with Gasteiger partial charge in [0.2, 0.25) is 0 Å². The van der Waals surface area contributed by atoms with E-state index in [1.807, 2.05) is 0 Å². The lowest BCUT2D eigenvalue weighted by Crippen LogP contribution is -2.13. The lowest BCUT2D eigenvalue weighted by atomic mass is 9.94. The molecular weight excluding hydrogens is 341 g/mol. The number of hydrogen-bond donors (Lipinski definition) is 0. The van der Waals surface area contributed by atoms with Crippen molar-refractivity contribution in [2.45, 2.75) is 32.5 Å². The summed E-state index contributed by atoms with van der Waals surface area (Å²) in [7, 11) is 0. The van der Waals surface area contributed by atoms with Crippen molar-refractivity contribution in [3.8, 4) is 0 Å². The molecule has 0 fully saturated rings. The van der Waals surface area contributed by atoms with Crippen LogP contribution in [0.15, 0.2) is 41.4 Å². The Kier molecular flexibility index (Phi) is 4.56. The molecule has 1 aromatic heterocycles. The summed E-state index contributed by atoms with van der Waals surface area (Å²) in [4.78, 5) is 8.38. The van der Waals surface area contributed by atoms with Gasteiger partial charge in [0.15, 0.2) is 0 Å². The van der Waals surface area contributed by atoms with E-state index in [0.29, 0.717) is 41.1 Å². The van der Waals surface area contributed by atoms with Gasteiger partial charge in [-0.25, -0.2) is 4.99 Å².